The molecule has 1 aliphatic heterocycles. The molecule has 1 atom stereocenters. The van der Waals surface area contributed by atoms with Gasteiger partial charge in [0.05, 0.1) is 12.5 Å². The Bertz CT molecular complexity index is 616. The quantitative estimate of drug-likeness (QED) is 0.880. The molecule has 3 rings (SSSR count). The number of piperidine rings is 1. The van der Waals surface area contributed by atoms with Crippen molar-refractivity contribution in [1.29, 1.82) is 0 Å². The molecule has 2 aliphatic rings. The Hall–Kier alpha value is -1.57. The fourth-order valence-corrected chi connectivity index (χ4v) is 3.26. The number of carbonyl (C=O) groups excluding carboxylic acids is 1. The van der Waals surface area contributed by atoms with E-state index < -0.39 is 17.8 Å². The first-order valence-corrected chi connectivity index (χ1v) is 8.88. The molecule has 0 spiro atoms. The molecule has 25 heavy (non-hydrogen) atoms. The molecular weight excluding hydrogens is 333 g/mol. The van der Waals surface area contributed by atoms with Crippen molar-refractivity contribution in [2.24, 2.45) is 5.92 Å². The molecule has 5 nitrogen and oxygen atoms in total. The van der Waals surface area contributed by atoms with Gasteiger partial charge in [0.2, 0.25) is 5.91 Å². The number of likely N-dealkylation sites (tertiary alicyclic amines) is 1. The smallest absolute Gasteiger partial charge is 0.353 e. The summed E-state index contributed by atoms with van der Waals surface area (Å²) >= 11 is 0. The molecule has 0 radical (unpaired) electrons. The molecule has 2 fully saturated rings. The third-order valence-electron chi connectivity index (χ3n) is 5.06. The summed E-state index contributed by atoms with van der Waals surface area (Å²) in [7, 11) is 2.05. The van der Waals surface area contributed by atoms with Crippen LogP contribution in [0.2, 0.25) is 0 Å². The molecule has 8 heteroatoms. The van der Waals surface area contributed by atoms with Crippen LogP contribution < -0.4 is 5.32 Å². The lowest BCUT2D eigenvalue weighted by molar-refractivity contribution is -0.141. The molecular formula is C17H25F3N4O. The number of amides is 1. The van der Waals surface area contributed by atoms with Crippen LogP contribution in [-0.4, -0.2) is 46.8 Å². The number of alkyl halides is 3. The summed E-state index contributed by atoms with van der Waals surface area (Å²) in [5, 5.41) is 6.76. The van der Waals surface area contributed by atoms with Crippen molar-refractivity contribution in [2.45, 2.75) is 57.3 Å². The maximum absolute atomic E-state index is 12.9. The number of hydrogen-bond acceptors (Lipinski definition) is 3. The molecule has 1 unspecified atom stereocenters. The van der Waals surface area contributed by atoms with Gasteiger partial charge in [0.1, 0.15) is 0 Å². The summed E-state index contributed by atoms with van der Waals surface area (Å²) in [6.07, 6.45) is -0.864. The Kier molecular flexibility index (Phi) is 5.09. The Morgan fingerprint density at radius 1 is 1.32 bits per heavy atom. The molecule has 1 saturated heterocycles. The van der Waals surface area contributed by atoms with Gasteiger partial charge in [-0.15, -0.1) is 0 Å². The first-order valence-electron chi connectivity index (χ1n) is 8.88. The summed E-state index contributed by atoms with van der Waals surface area (Å²) in [5.41, 5.74) is -0.261. The van der Waals surface area contributed by atoms with Crippen molar-refractivity contribution in [2.75, 3.05) is 20.1 Å². The zero-order valence-electron chi connectivity index (χ0n) is 14.6. The van der Waals surface area contributed by atoms with Crippen molar-refractivity contribution in [3.05, 3.63) is 17.5 Å². The average molecular weight is 358 g/mol. The monoisotopic (exact) mass is 358 g/mol. The Balaban J connectivity index is 1.63. The van der Waals surface area contributed by atoms with E-state index in [0.717, 1.165) is 44.8 Å². The summed E-state index contributed by atoms with van der Waals surface area (Å²) in [6, 6.07) is 1.29. The molecule has 0 aromatic carbocycles. The minimum atomic E-state index is -4.45. The predicted octanol–water partition coefficient (Wildman–Crippen LogP) is 2.63. The summed E-state index contributed by atoms with van der Waals surface area (Å²) in [6.45, 7) is 3.81. The highest BCUT2D eigenvalue weighted by atomic mass is 19.4. The maximum atomic E-state index is 12.9. The van der Waals surface area contributed by atoms with Crippen LogP contribution >= 0.6 is 0 Å². The van der Waals surface area contributed by atoms with Gasteiger partial charge in [0.15, 0.2) is 5.69 Å². The van der Waals surface area contributed by atoms with Gasteiger partial charge in [-0.25, -0.2) is 0 Å². The van der Waals surface area contributed by atoms with E-state index in [2.05, 4.69) is 22.4 Å². The zero-order valence-corrected chi connectivity index (χ0v) is 14.6. The molecule has 1 aliphatic carbocycles. The fraction of sp³-hybridized carbons (Fsp3) is 0.765. The predicted molar refractivity (Wildman–Crippen MR) is 87.0 cm³/mol. The van der Waals surface area contributed by atoms with Gasteiger partial charge in [-0.05, 0) is 51.9 Å². The first-order chi connectivity index (χ1) is 11.7. The van der Waals surface area contributed by atoms with Crippen LogP contribution in [0.1, 0.15) is 49.9 Å². The van der Waals surface area contributed by atoms with Crippen molar-refractivity contribution >= 4 is 5.91 Å². The second-order valence-electron chi connectivity index (χ2n) is 7.40. The first kappa shape index (κ1) is 18.2. The molecule has 1 aromatic rings. The van der Waals surface area contributed by atoms with E-state index >= 15 is 0 Å². The van der Waals surface area contributed by atoms with Crippen molar-refractivity contribution in [3.8, 4) is 0 Å². The van der Waals surface area contributed by atoms with Crippen molar-refractivity contribution < 1.29 is 18.0 Å². The van der Waals surface area contributed by atoms with E-state index in [9.17, 15) is 18.0 Å². The lowest BCUT2D eigenvalue weighted by atomic mass is 10.0. The van der Waals surface area contributed by atoms with Gasteiger partial charge < -0.3 is 10.2 Å². The molecule has 1 saturated carbocycles. The van der Waals surface area contributed by atoms with Gasteiger partial charge >= 0.3 is 6.18 Å². The number of nitrogens with zero attached hydrogens (tertiary/aromatic N) is 3. The van der Waals surface area contributed by atoms with E-state index in [0.29, 0.717) is 5.69 Å². The van der Waals surface area contributed by atoms with E-state index in [1.807, 2.05) is 0 Å². The van der Waals surface area contributed by atoms with Gasteiger partial charge in [-0.1, -0.05) is 6.92 Å². The summed E-state index contributed by atoms with van der Waals surface area (Å²) in [4.78, 5) is 14.6. The molecule has 1 amide bonds. The topological polar surface area (TPSA) is 50.2 Å². The molecule has 1 N–H and O–H groups in total. The highest BCUT2D eigenvalue weighted by molar-refractivity contribution is 5.78. The second-order valence-corrected chi connectivity index (χ2v) is 7.40. The van der Waals surface area contributed by atoms with E-state index in [-0.39, 0.29) is 24.4 Å². The minimum absolute atomic E-state index is 0.111. The van der Waals surface area contributed by atoms with Crippen LogP contribution in [0.3, 0.4) is 0 Å². The molecule has 2 heterocycles. The lowest BCUT2D eigenvalue weighted by Gasteiger charge is -2.30. The van der Waals surface area contributed by atoms with Crippen LogP contribution in [0, 0.1) is 5.92 Å². The third kappa shape index (κ3) is 4.54. The normalized spacial score (nSPS) is 21.3. The summed E-state index contributed by atoms with van der Waals surface area (Å²) in [5.74, 6) is -0.383. The van der Waals surface area contributed by atoms with Crippen molar-refractivity contribution in [1.82, 2.24) is 20.0 Å². The number of nitrogens with one attached hydrogen (secondary N) is 1. The summed E-state index contributed by atoms with van der Waals surface area (Å²) < 4.78 is 40.2. The number of aromatic nitrogens is 2. The molecule has 140 valence electrons. The van der Waals surface area contributed by atoms with Crippen LogP contribution in [0.15, 0.2) is 6.07 Å². The maximum Gasteiger partial charge on any atom is 0.435 e. The van der Waals surface area contributed by atoms with E-state index in [1.165, 1.54) is 4.68 Å². The minimum Gasteiger partial charge on any atom is -0.353 e. The Morgan fingerprint density at radius 2 is 1.96 bits per heavy atom. The average Bonchev–Trinajstić information content (AvgIpc) is 3.29. The van der Waals surface area contributed by atoms with Crippen LogP contribution in [0.25, 0.3) is 0 Å². The van der Waals surface area contributed by atoms with Crippen LogP contribution in [0.4, 0.5) is 13.2 Å². The Morgan fingerprint density at radius 3 is 2.52 bits per heavy atom. The van der Waals surface area contributed by atoms with Gasteiger partial charge in [0.25, 0.3) is 0 Å². The van der Waals surface area contributed by atoms with E-state index in [4.69, 9.17) is 0 Å². The van der Waals surface area contributed by atoms with Crippen LogP contribution in [0.5, 0.6) is 0 Å². The zero-order chi connectivity index (χ0) is 18.2. The number of halogens is 3. The number of carbonyl (C=O) groups is 1. The fourth-order valence-electron chi connectivity index (χ4n) is 3.26. The third-order valence-corrected chi connectivity index (χ3v) is 5.06. The number of rotatable bonds is 5. The highest BCUT2D eigenvalue weighted by Crippen LogP contribution is 2.42. The largest absolute Gasteiger partial charge is 0.435 e. The van der Waals surface area contributed by atoms with Gasteiger partial charge in [-0.3, -0.25) is 9.48 Å². The Labute approximate surface area is 145 Å². The lowest BCUT2D eigenvalue weighted by Crippen LogP contribution is -2.45. The second kappa shape index (κ2) is 6.97. The van der Waals surface area contributed by atoms with Crippen molar-refractivity contribution in [3.63, 3.8) is 0 Å². The van der Waals surface area contributed by atoms with Gasteiger partial charge in [-0.2, -0.15) is 18.3 Å². The SMILES string of the molecule is CC(Cn1nc(C(F)(F)F)cc1C1CC1)C(=O)NC1CCN(C)CC1. The molecule has 1 aromatic heterocycles. The number of hydrogen-bond donors (Lipinski definition) is 1. The van der Waals surface area contributed by atoms with E-state index in [1.54, 1.807) is 6.92 Å². The highest BCUT2D eigenvalue weighted by Gasteiger charge is 2.38. The van der Waals surface area contributed by atoms with Crippen LogP contribution in [-0.2, 0) is 17.5 Å². The van der Waals surface area contributed by atoms with Gasteiger partial charge in [0, 0.05) is 17.7 Å². The molecule has 0 bridgehead atoms. The standard InChI is InChI=1S/C17H25F3N4O/c1-11(16(25)21-13-5-7-23(2)8-6-13)10-24-14(12-3-4-12)9-15(22-24)17(18,19)20/h9,11-13H,3-8,10H2,1-2H3,(H,21,25).